The largest absolute Gasteiger partial charge is 0.396 e. The Labute approximate surface area is 127 Å². The van der Waals surface area contributed by atoms with E-state index in [0.717, 1.165) is 32.6 Å². The minimum absolute atomic E-state index is 0.0444. The molecule has 0 saturated heterocycles. The van der Waals surface area contributed by atoms with Gasteiger partial charge in [0, 0.05) is 38.3 Å². The molecule has 0 aromatic heterocycles. The van der Waals surface area contributed by atoms with Crippen molar-refractivity contribution in [1.82, 2.24) is 10.6 Å². The van der Waals surface area contributed by atoms with Crippen molar-refractivity contribution in [3.05, 3.63) is 12.2 Å². The summed E-state index contributed by atoms with van der Waals surface area (Å²) >= 11 is 0. The monoisotopic (exact) mass is 296 g/mol. The maximum Gasteiger partial charge on any atom is 0.315 e. The third-order valence-corrected chi connectivity index (χ3v) is 4.74. The van der Waals surface area contributed by atoms with Crippen LogP contribution in [0, 0.1) is 11.3 Å². The van der Waals surface area contributed by atoms with Crippen LogP contribution in [0.15, 0.2) is 12.2 Å². The van der Waals surface area contributed by atoms with E-state index >= 15 is 0 Å². The number of amides is 2. The highest BCUT2D eigenvalue weighted by atomic mass is 16.5. The van der Waals surface area contributed by atoms with E-state index < -0.39 is 0 Å². The molecule has 2 atom stereocenters. The van der Waals surface area contributed by atoms with Gasteiger partial charge < -0.3 is 20.5 Å². The Kier molecular flexibility index (Phi) is 6.06. The predicted octanol–water partition coefficient (Wildman–Crippen LogP) is 1.82. The zero-order chi connectivity index (χ0) is 15.1. The number of carbonyl (C=O) groups is 1. The zero-order valence-corrected chi connectivity index (χ0v) is 12.9. The summed E-state index contributed by atoms with van der Waals surface area (Å²) in [5.41, 5.74) is 0.242. The Bertz CT molecular complexity index is 367. The van der Waals surface area contributed by atoms with Crippen molar-refractivity contribution in [1.29, 1.82) is 0 Å². The quantitative estimate of drug-likeness (QED) is 0.472. The van der Waals surface area contributed by atoms with Crippen LogP contribution < -0.4 is 10.6 Å². The van der Waals surface area contributed by atoms with Crippen LogP contribution in [0.1, 0.15) is 39.0 Å². The molecule has 21 heavy (non-hydrogen) atoms. The molecule has 0 unspecified atom stereocenters. The first kappa shape index (κ1) is 16.3. The van der Waals surface area contributed by atoms with Crippen molar-refractivity contribution >= 4 is 6.03 Å². The summed E-state index contributed by atoms with van der Waals surface area (Å²) in [6.45, 7) is 4.42. The molecule has 5 nitrogen and oxygen atoms in total. The lowest BCUT2D eigenvalue weighted by Crippen LogP contribution is -2.48. The van der Waals surface area contributed by atoms with E-state index in [0.29, 0.717) is 0 Å². The Hall–Kier alpha value is -1.07. The Balaban J connectivity index is 1.67. The third-order valence-electron chi connectivity index (χ3n) is 4.74. The molecule has 5 heteroatoms. The first-order valence-electron chi connectivity index (χ1n) is 8.09. The van der Waals surface area contributed by atoms with Crippen molar-refractivity contribution in [2.75, 3.05) is 26.4 Å². The lowest BCUT2D eigenvalue weighted by atomic mass is 9.67. The first-order chi connectivity index (χ1) is 10.2. The number of hydrogen-bond donors (Lipinski definition) is 3. The van der Waals surface area contributed by atoms with Crippen LogP contribution in [0.4, 0.5) is 4.79 Å². The van der Waals surface area contributed by atoms with Crippen LogP contribution >= 0.6 is 0 Å². The van der Waals surface area contributed by atoms with E-state index in [1.807, 2.05) is 19.1 Å². The Morgan fingerprint density at radius 1 is 1.43 bits per heavy atom. The van der Waals surface area contributed by atoms with Crippen molar-refractivity contribution in [2.24, 2.45) is 11.3 Å². The molecule has 120 valence electrons. The lowest BCUT2D eigenvalue weighted by Gasteiger charge is -2.42. The van der Waals surface area contributed by atoms with Gasteiger partial charge in [-0.3, -0.25) is 0 Å². The molecule has 2 aliphatic carbocycles. The second-order valence-corrected chi connectivity index (χ2v) is 6.30. The number of carbonyl (C=O) groups excluding carboxylic acids is 1. The molecule has 1 saturated carbocycles. The molecule has 2 amide bonds. The van der Waals surface area contributed by atoms with Gasteiger partial charge >= 0.3 is 6.03 Å². The van der Waals surface area contributed by atoms with E-state index in [1.165, 1.54) is 19.3 Å². The fourth-order valence-electron chi connectivity index (χ4n) is 3.13. The molecular formula is C16H28N2O3. The highest BCUT2D eigenvalue weighted by molar-refractivity contribution is 5.74. The van der Waals surface area contributed by atoms with Crippen molar-refractivity contribution in [3.8, 4) is 0 Å². The van der Waals surface area contributed by atoms with Gasteiger partial charge in [0.1, 0.15) is 0 Å². The number of urea groups is 1. The van der Waals surface area contributed by atoms with Crippen molar-refractivity contribution in [3.63, 3.8) is 0 Å². The van der Waals surface area contributed by atoms with E-state index in [2.05, 4.69) is 10.6 Å². The standard InChI is InChI=1S/C16H28N2O3/c1-2-21-9-8-16(6-3-7-16)12-17-15(20)18-14-5-4-13(10-14)11-19/h4-5,13-14,19H,2-3,6-12H2,1H3,(H2,17,18,20)/t13-,14+/m0/s1. The third kappa shape index (κ3) is 4.71. The number of aliphatic hydroxyl groups is 1. The molecule has 2 rings (SSSR count). The predicted molar refractivity (Wildman–Crippen MR) is 82.0 cm³/mol. The fourth-order valence-corrected chi connectivity index (χ4v) is 3.13. The van der Waals surface area contributed by atoms with Gasteiger partial charge in [0.2, 0.25) is 0 Å². The minimum Gasteiger partial charge on any atom is -0.396 e. The van der Waals surface area contributed by atoms with Crippen molar-refractivity contribution in [2.45, 2.75) is 45.1 Å². The summed E-state index contributed by atoms with van der Waals surface area (Å²) in [6.07, 6.45) is 9.36. The highest BCUT2D eigenvalue weighted by Crippen LogP contribution is 2.43. The van der Waals surface area contributed by atoms with Gasteiger partial charge in [-0.15, -0.1) is 0 Å². The normalized spacial score (nSPS) is 26.4. The van der Waals surface area contributed by atoms with Crippen LogP contribution in [-0.4, -0.2) is 43.5 Å². The Morgan fingerprint density at radius 2 is 2.24 bits per heavy atom. The average Bonchev–Trinajstić information content (AvgIpc) is 2.88. The molecule has 0 spiro atoms. The summed E-state index contributed by atoms with van der Waals surface area (Å²) < 4.78 is 5.44. The average molecular weight is 296 g/mol. The SMILES string of the molecule is CCOCCC1(CNC(=O)N[C@@H]2C=C[C@H](CO)C2)CCC1. The minimum atomic E-state index is -0.106. The second kappa shape index (κ2) is 7.80. The maximum atomic E-state index is 12.0. The molecule has 3 N–H and O–H groups in total. The zero-order valence-electron chi connectivity index (χ0n) is 12.9. The van der Waals surface area contributed by atoms with Gasteiger partial charge in [-0.05, 0) is 38.0 Å². The maximum absolute atomic E-state index is 12.0. The summed E-state index contributed by atoms with van der Waals surface area (Å²) in [6, 6.07) is -0.0613. The van der Waals surface area contributed by atoms with Crippen LogP contribution in [-0.2, 0) is 4.74 Å². The molecule has 0 radical (unpaired) electrons. The van der Waals surface area contributed by atoms with E-state index in [-0.39, 0.29) is 30.0 Å². The van der Waals surface area contributed by atoms with Gasteiger partial charge in [0.15, 0.2) is 0 Å². The van der Waals surface area contributed by atoms with E-state index in [4.69, 9.17) is 9.84 Å². The van der Waals surface area contributed by atoms with Gasteiger partial charge in [0.25, 0.3) is 0 Å². The molecule has 0 bridgehead atoms. The van der Waals surface area contributed by atoms with Crippen LogP contribution in [0.3, 0.4) is 0 Å². The molecule has 0 aliphatic heterocycles. The number of nitrogens with one attached hydrogen (secondary N) is 2. The van der Waals surface area contributed by atoms with Crippen LogP contribution in [0.5, 0.6) is 0 Å². The summed E-state index contributed by atoms with van der Waals surface area (Å²) in [5, 5.41) is 15.0. The van der Waals surface area contributed by atoms with Gasteiger partial charge in [0.05, 0.1) is 0 Å². The molecule has 0 aromatic carbocycles. The topological polar surface area (TPSA) is 70.6 Å². The lowest BCUT2D eigenvalue weighted by molar-refractivity contribution is 0.0557. The fraction of sp³-hybridized carbons (Fsp3) is 0.812. The molecular weight excluding hydrogens is 268 g/mol. The van der Waals surface area contributed by atoms with Crippen LogP contribution in [0.2, 0.25) is 0 Å². The number of aliphatic hydroxyl groups excluding tert-OH is 1. The first-order valence-corrected chi connectivity index (χ1v) is 8.09. The van der Waals surface area contributed by atoms with E-state index in [9.17, 15) is 4.79 Å². The summed E-state index contributed by atoms with van der Waals surface area (Å²) in [5.74, 6) is 0.180. The smallest absolute Gasteiger partial charge is 0.315 e. The number of hydrogen-bond acceptors (Lipinski definition) is 3. The second-order valence-electron chi connectivity index (χ2n) is 6.30. The molecule has 1 fully saturated rings. The van der Waals surface area contributed by atoms with Gasteiger partial charge in [-0.25, -0.2) is 4.79 Å². The summed E-state index contributed by atoms with van der Waals surface area (Å²) in [4.78, 5) is 12.0. The Morgan fingerprint density at radius 3 is 2.81 bits per heavy atom. The highest BCUT2D eigenvalue weighted by Gasteiger charge is 2.36. The number of ether oxygens (including phenoxy) is 1. The molecule has 0 heterocycles. The van der Waals surface area contributed by atoms with Crippen molar-refractivity contribution < 1.29 is 14.6 Å². The van der Waals surface area contributed by atoms with Gasteiger partial charge in [-0.2, -0.15) is 0 Å². The van der Waals surface area contributed by atoms with Crippen LogP contribution in [0.25, 0.3) is 0 Å². The van der Waals surface area contributed by atoms with E-state index in [1.54, 1.807) is 0 Å². The summed E-state index contributed by atoms with van der Waals surface area (Å²) in [7, 11) is 0. The molecule has 0 aromatic rings. The van der Waals surface area contributed by atoms with Gasteiger partial charge in [-0.1, -0.05) is 18.6 Å². The molecule has 2 aliphatic rings. The number of rotatable bonds is 8.